The number of hydrogen-bond donors (Lipinski definition) is 1. The molecule has 0 spiro atoms. The lowest BCUT2D eigenvalue weighted by molar-refractivity contribution is 0.239. The van der Waals surface area contributed by atoms with E-state index >= 15 is 0 Å². The van der Waals surface area contributed by atoms with E-state index in [1.165, 1.54) is 67.9 Å². The van der Waals surface area contributed by atoms with Crippen LogP contribution in [0.4, 0.5) is 0 Å². The summed E-state index contributed by atoms with van der Waals surface area (Å²) >= 11 is 3.72. The maximum Gasteiger partial charge on any atom is 0.0207 e. The molecule has 110 valence electrons. The largest absolute Gasteiger partial charge is 0.314 e. The fourth-order valence-corrected chi connectivity index (χ4v) is 4.01. The lowest BCUT2D eigenvalue weighted by Crippen LogP contribution is -2.32. The van der Waals surface area contributed by atoms with Gasteiger partial charge < -0.3 is 5.32 Å². The second-order valence-corrected chi connectivity index (χ2v) is 7.49. The molecule has 0 radical (unpaired) electrons. The van der Waals surface area contributed by atoms with E-state index in [1.54, 1.807) is 0 Å². The van der Waals surface area contributed by atoms with Crippen LogP contribution in [0.1, 0.15) is 50.5 Å². The lowest BCUT2D eigenvalue weighted by Gasteiger charge is -2.31. The van der Waals surface area contributed by atoms with E-state index in [-0.39, 0.29) is 0 Å². The predicted octanol–water partition coefficient (Wildman–Crippen LogP) is 4.94. The third-order valence-corrected chi connectivity index (χ3v) is 5.78. The van der Waals surface area contributed by atoms with Gasteiger partial charge in [-0.15, -0.1) is 0 Å². The molecule has 1 aromatic carbocycles. The van der Waals surface area contributed by atoms with Crippen molar-refractivity contribution < 1.29 is 0 Å². The first-order valence-corrected chi connectivity index (χ1v) is 9.09. The molecule has 3 rings (SSSR count). The van der Waals surface area contributed by atoms with Crippen LogP contribution in [0.2, 0.25) is 0 Å². The summed E-state index contributed by atoms with van der Waals surface area (Å²) < 4.78 is 1.28. The van der Waals surface area contributed by atoms with Crippen LogP contribution in [0.3, 0.4) is 0 Å². The Kier molecular flexibility index (Phi) is 5.17. The topological polar surface area (TPSA) is 12.0 Å². The summed E-state index contributed by atoms with van der Waals surface area (Å²) in [5, 5.41) is 3.78. The minimum atomic E-state index is 0.814. The van der Waals surface area contributed by atoms with Gasteiger partial charge in [0.2, 0.25) is 0 Å². The molecule has 0 aliphatic heterocycles. The van der Waals surface area contributed by atoms with E-state index in [0.717, 1.165) is 17.9 Å². The van der Waals surface area contributed by atoms with Crippen molar-refractivity contribution in [3.05, 3.63) is 34.3 Å². The molecule has 1 aromatic rings. The summed E-state index contributed by atoms with van der Waals surface area (Å²) in [7, 11) is 0. The van der Waals surface area contributed by atoms with Crippen LogP contribution in [0, 0.1) is 11.8 Å². The predicted molar refractivity (Wildman–Crippen MR) is 88.9 cm³/mol. The summed E-state index contributed by atoms with van der Waals surface area (Å²) in [5.41, 5.74) is 1.49. The van der Waals surface area contributed by atoms with Gasteiger partial charge in [-0.1, -0.05) is 66.2 Å². The Labute approximate surface area is 131 Å². The van der Waals surface area contributed by atoms with E-state index in [1.807, 2.05) is 0 Å². The number of hydrogen-bond acceptors (Lipinski definition) is 1. The Balaban J connectivity index is 1.65. The minimum Gasteiger partial charge on any atom is -0.314 e. The molecule has 20 heavy (non-hydrogen) atoms. The Hall–Kier alpha value is -0.340. The van der Waals surface area contributed by atoms with Crippen molar-refractivity contribution >= 4 is 15.9 Å². The molecular formula is C18H26BrN. The fraction of sp³-hybridized carbons (Fsp3) is 0.667. The Morgan fingerprint density at radius 1 is 1.05 bits per heavy atom. The highest BCUT2D eigenvalue weighted by Gasteiger charge is 2.27. The molecule has 1 unspecified atom stereocenters. The Morgan fingerprint density at radius 2 is 1.80 bits per heavy atom. The van der Waals surface area contributed by atoms with Crippen molar-refractivity contribution in [3.8, 4) is 0 Å². The highest BCUT2D eigenvalue weighted by Crippen LogP contribution is 2.33. The standard InChI is InChI=1S/C18H26BrN/c19-18-9-5-4-8-15(18)12-16(13-20-17-10-11-17)14-6-2-1-3-7-14/h4-5,8-9,14,16-17,20H,1-3,6-7,10-13H2. The lowest BCUT2D eigenvalue weighted by atomic mass is 9.77. The monoisotopic (exact) mass is 335 g/mol. The van der Waals surface area contributed by atoms with Gasteiger partial charge in [0, 0.05) is 10.5 Å². The number of rotatable bonds is 6. The summed E-state index contributed by atoms with van der Waals surface area (Å²) in [4.78, 5) is 0. The van der Waals surface area contributed by atoms with Crippen molar-refractivity contribution in [3.63, 3.8) is 0 Å². The normalized spacial score (nSPS) is 21.9. The van der Waals surface area contributed by atoms with Gasteiger partial charge in [-0.05, 0) is 49.3 Å². The second kappa shape index (κ2) is 7.09. The van der Waals surface area contributed by atoms with Gasteiger partial charge >= 0.3 is 0 Å². The van der Waals surface area contributed by atoms with Gasteiger partial charge in [-0.3, -0.25) is 0 Å². The average molecular weight is 336 g/mol. The average Bonchev–Trinajstić information content (AvgIpc) is 3.30. The van der Waals surface area contributed by atoms with Gasteiger partial charge in [0.1, 0.15) is 0 Å². The summed E-state index contributed by atoms with van der Waals surface area (Å²) in [5.74, 6) is 1.75. The highest BCUT2D eigenvalue weighted by atomic mass is 79.9. The first-order chi connectivity index (χ1) is 9.83. The first kappa shape index (κ1) is 14.6. The maximum atomic E-state index is 3.78. The molecule has 0 aromatic heterocycles. The Bertz CT molecular complexity index is 421. The molecule has 0 heterocycles. The molecular weight excluding hydrogens is 310 g/mol. The zero-order valence-electron chi connectivity index (χ0n) is 12.3. The molecule has 2 aliphatic carbocycles. The van der Waals surface area contributed by atoms with E-state index < -0.39 is 0 Å². The molecule has 0 amide bonds. The van der Waals surface area contributed by atoms with E-state index in [2.05, 4.69) is 45.5 Å². The zero-order valence-corrected chi connectivity index (χ0v) is 13.9. The molecule has 1 N–H and O–H groups in total. The second-order valence-electron chi connectivity index (χ2n) is 6.64. The van der Waals surface area contributed by atoms with Crippen molar-refractivity contribution in [1.29, 1.82) is 0 Å². The van der Waals surface area contributed by atoms with E-state index in [0.29, 0.717) is 0 Å². The minimum absolute atomic E-state index is 0.814. The van der Waals surface area contributed by atoms with Crippen molar-refractivity contribution in [2.45, 2.75) is 57.4 Å². The summed E-state index contributed by atoms with van der Waals surface area (Å²) in [6, 6.07) is 9.59. The maximum absolute atomic E-state index is 3.78. The SMILES string of the molecule is Brc1ccccc1CC(CNC1CC1)C1CCCCC1. The third kappa shape index (κ3) is 4.08. The van der Waals surface area contributed by atoms with Crippen molar-refractivity contribution in [1.82, 2.24) is 5.32 Å². The van der Waals surface area contributed by atoms with Crippen LogP contribution < -0.4 is 5.32 Å². The van der Waals surface area contributed by atoms with E-state index in [4.69, 9.17) is 0 Å². The molecule has 0 bridgehead atoms. The Morgan fingerprint density at radius 3 is 2.50 bits per heavy atom. The number of nitrogens with one attached hydrogen (secondary N) is 1. The van der Waals surface area contributed by atoms with Crippen molar-refractivity contribution in [2.75, 3.05) is 6.54 Å². The number of halogens is 1. The van der Waals surface area contributed by atoms with Crippen LogP contribution in [0.15, 0.2) is 28.7 Å². The van der Waals surface area contributed by atoms with Gasteiger partial charge in [0.15, 0.2) is 0 Å². The van der Waals surface area contributed by atoms with Crippen LogP contribution >= 0.6 is 15.9 Å². The van der Waals surface area contributed by atoms with Crippen LogP contribution in [0.5, 0.6) is 0 Å². The molecule has 2 saturated carbocycles. The molecule has 0 saturated heterocycles. The van der Waals surface area contributed by atoms with Crippen LogP contribution in [-0.4, -0.2) is 12.6 Å². The molecule has 1 nitrogen and oxygen atoms in total. The van der Waals surface area contributed by atoms with E-state index in [9.17, 15) is 0 Å². The smallest absolute Gasteiger partial charge is 0.0207 e. The summed E-state index contributed by atoms with van der Waals surface area (Å²) in [6.07, 6.45) is 11.3. The molecule has 2 aliphatic rings. The van der Waals surface area contributed by atoms with Gasteiger partial charge in [0.05, 0.1) is 0 Å². The first-order valence-electron chi connectivity index (χ1n) is 8.29. The van der Waals surface area contributed by atoms with Crippen LogP contribution in [-0.2, 0) is 6.42 Å². The quantitative estimate of drug-likeness (QED) is 0.776. The fourth-order valence-electron chi connectivity index (χ4n) is 3.56. The summed E-state index contributed by atoms with van der Waals surface area (Å²) in [6.45, 7) is 1.22. The zero-order chi connectivity index (χ0) is 13.8. The highest BCUT2D eigenvalue weighted by molar-refractivity contribution is 9.10. The van der Waals surface area contributed by atoms with Crippen molar-refractivity contribution in [2.24, 2.45) is 11.8 Å². The molecule has 1 atom stereocenters. The van der Waals surface area contributed by atoms with Gasteiger partial charge in [-0.2, -0.15) is 0 Å². The number of benzene rings is 1. The third-order valence-electron chi connectivity index (χ3n) is 5.00. The van der Waals surface area contributed by atoms with Gasteiger partial charge in [0.25, 0.3) is 0 Å². The van der Waals surface area contributed by atoms with Crippen LogP contribution in [0.25, 0.3) is 0 Å². The van der Waals surface area contributed by atoms with Gasteiger partial charge in [-0.25, -0.2) is 0 Å². The molecule has 2 heteroatoms. The molecule has 2 fully saturated rings.